The predicted molar refractivity (Wildman–Crippen MR) is 145 cm³/mol. The van der Waals surface area contributed by atoms with Gasteiger partial charge in [0.05, 0.1) is 49.1 Å². The standard InChI is InChI=1S/C27H32N4O6S/c1-5-34-16-10-12-22(36-7-3)18(13-16)24-23(25(32)37-8-4)21(28-26(33)31-24)15-38-27-29-19-11-9-17(35-6-2)14-20(19)30-27/h9-14,24H,5-8,15H2,1-4H3,(H,29,30)(H2,28,31,33)/t24-/m0/s1. The van der Waals surface area contributed by atoms with Gasteiger partial charge in [-0.05, 0) is 58.0 Å². The number of amides is 2. The first kappa shape index (κ1) is 27.2. The summed E-state index contributed by atoms with van der Waals surface area (Å²) < 4.78 is 22.5. The number of hydrogen-bond donors (Lipinski definition) is 3. The zero-order chi connectivity index (χ0) is 27.1. The summed E-state index contributed by atoms with van der Waals surface area (Å²) in [6, 6.07) is 9.76. The maximum atomic E-state index is 13.2. The van der Waals surface area contributed by atoms with Crippen LogP contribution in [0.2, 0.25) is 0 Å². The van der Waals surface area contributed by atoms with Crippen molar-refractivity contribution in [2.45, 2.75) is 38.9 Å². The Balaban J connectivity index is 1.70. The first-order valence-electron chi connectivity index (χ1n) is 12.6. The van der Waals surface area contributed by atoms with E-state index in [2.05, 4.69) is 20.6 Å². The summed E-state index contributed by atoms with van der Waals surface area (Å²) in [6.07, 6.45) is 0. The minimum absolute atomic E-state index is 0.187. The maximum Gasteiger partial charge on any atom is 0.338 e. The van der Waals surface area contributed by atoms with Crippen LogP contribution in [0.1, 0.15) is 39.3 Å². The number of aromatic amines is 1. The maximum absolute atomic E-state index is 13.2. The number of carbonyl (C=O) groups excluding carboxylic acids is 2. The Morgan fingerprint density at radius 1 is 0.947 bits per heavy atom. The Bertz CT molecular complexity index is 1340. The number of rotatable bonds is 12. The summed E-state index contributed by atoms with van der Waals surface area (Å²) in [6.45, 7) is 9.07. The molecule has 0 saturated carbocycles. The summed E-state index contributed by atoms with van der Waals surface area (Å²) in [7, 11) is 0. The van der Waals surface area contributed by atoms with Crippen LogP contribution in [0.25, 0.3) is 11.0 Å². The molecule has 202 valence electrons. The Morgan fingerprint density at radius 3 is 2.37 bits per heavy atom. The number of aromatic nitrogens is 2. The van der Waals surface area contributed by atoms with Gasteiger partial charge in [0.25, 0.3) is 0 Å². The lowest BCUT2D eigenvalue weighted by atomic mass is 9.94. The topological polar surface area (TPSA) is 124 Å². The Morgan fingerprint density at radius 2 is 1.66 bits per heavy atom. The molecule has 0 fully saturated rings. The molecule has 0 unspecified atom stereocenters. The smallest absolute Gasteiger partial charge is 0.338 e. The van der Waals surface area contributed by atoms with E-state index in [1.807, 2.05) is 39.0 Å². The number of fused-ring (bicyclic) bond motifs is 1. The normalized spacial score (nSPS) is 15.2. The van der Waals surface area contributed by atoms with Crippen molar-refractivity contribution in [3.05, 3.63) is 53.2 Å². The van der Waals surface area contributed by atoms with E-state index in [-0.39, 0.29) is 12.4 Å². The number of H-pyrrole nitrogens is 1. The number of esters is 1. The van der Waals surface area contributed by atoms with Gasteiger partial charge in [-0.1, -0.05) is 11.8 Å². The highest BCUT2D eigenvalue weighted by molar-refractivity contribution is 7.99. The highest BCUT2D eigenvalue weighted by Crippen LogP contribution is 2.37. The first-order valence-corrected chi connectivity index (χ1v) is 13.6. The average Bonchev–Trinajstić information content (AvgIpc) is 3.31. The minimum Gasteiger partial charge on any atom is -0.494 e. The van der Waals surface area contributed by atoms with Crippen molar-refractivity contribution in [3.63, 3.8) is 0 Å². The van der Waals surface area contributed by atoms with Crippen LogP contribution in [0.15, 0.2) is 52.8 Å². The molecule has 0 radical (unpaired) electrons. The SMILES string of the molecule is CCOC(=O)C1=C(CSc2nc3ccc(OCC)cc3[nH]2)NC(=O)N[C@H]1c1cc(OCC)ccc1OCC. The molecular weight excluding hydrogens is 508 g/mol. The van der Waals surface area contributed by atoms with Crippen LogP contribution < -0.4 is 24.8 Å². The van der Waals surface area contributed by atoms with Gasteiger partial charge >= 0.3 is 12.0 Å². The van der Waals surface area contributed by atoms with Gasteiger partial charge in [-0.15, -0.1) is 0 Å². The lowest BCUT2D eigenvalue weighted by Crippen LogP contribution is -2.46. The van der Waals surface area contributed by atoms with E-state index in [9.17, 15) is 9.59 Å². The Hall–Kier alpha value is -3.86. The van der Waals surface area contributed by atoms with Crippen molar-refractivity contribution in [1.82, 2.24) is 20.6 Å². The number of hydrogen-bond acceptors (Lipinski definition) is 8. The third-order valence-corrected chi connectivity index (χ3v) is 6.55. The highest BCUT2D eigenvalue weighted by Gasteiger charge is 2.35. The molecule has 10 nitrogen and oxygen atoms in total. The number of carbonyl (C=O) groups is 2. The van der Waals surface area contributed by atoms with Gasteiger partial charge in [0.2, 0.25) is 0 Å². The molecule has 38 heavy (non-hydrogen) atoms. The Labute approximate surface area is 225 Å². The largest absolute Gasteiger partial charge is 0.494 e. The number of nitrogens with one attached hydrogen (secondary N) is 3. The lowest BCUT2D eigenvalue weighted by molar-refractivity contribution is -0.139. The van der Waals surface area contributed by atoms with Gasteiger partial charge in [0.1, 0.15) is 17.2 Å². The number of nitrogens with zero attached hydrogens (tertiary/aromatic N) is 1. The van der Waals surface area contributed by atoms with Crippen molar-refractivity contribution < 1.29 is 28.5 Å². The molecule has 2 amide bonds. The average molecular weight is 541 g/mol. The fourth-order valence-electron chi connectivity index (χ4n) is 4.14. The van der Waals surface area contributed by atoms with Crippen molar-refractivity contribution >= 4 is 34.8 Å². The van der Waals surface area contributed by atoms with Crippen LogP contribution in [0.5, 0.6) is 17.2 Å². The molecule has 4 rings (SSSR count). The third-order valence-electron chi connectivity index (χ3n) is 5.65. The number of ether oxygens (including phenoxy) is 4. The molecular formula is C27H32N4O6S. The summed E-state index contributed by atoms with van der Waals surface area (Å²) in [5, 5.41) is 6.31. The molecule has 1 atom stereocenters. The van der Waals surface area contributed by atoms with E-state index in [4.69, 9.17) is 18.9 Å². The van der Waals surface area contributed by atoms with Crippen LogP contribution in [0.3, 0.4) is 0 Å². The minimum atomic E-state index is -0.801. The van der Waals surface area contributed by atoms with Crippen molar-refractivity contribution in [2.75, 3.05) is 32.2 Å². The second kappa shape index (κ2) is 12.6. The van der Waals surface area contributed by atoms with Gasteiger partial charge in [-0.3, -0.25) is 0 Å². The summed E-state index contributed by atoms with van der Waals surface area (Å²) >= 11 is 1.36. The Kier molecular flexibility index (Phi) is 9.01. The number of imidazole rings is 1. The molecule has 0 bridgehead atoms. The zero-order valence-electron chi connectivity index (χ0n) is 21.9. The van der Waals surface area contributed by atoms with E-state index < -0.39 is 18.0 Å². The summed E-state index contributed by atoms with van der Waals surface area (Å²) in [5.41, 5.74) is 2.95. The van der Waals surface area contributed by atoms with Gasteiger partial charge in [0.15, 0.2) is 5.16 Å². The molecule has 3 aromatic rings. The molecule has 1 aromatic heterocycles. The number of thioether (sulfide) groups is 1. The quantitative estimate of drug-likeness (QED) is 0.223. The van der Waals surface area contributed by atoms with E-state index >= 15 is 0 Å². The lowest BCUT2D eigenvalue weighted by Gasteiger charge is -2.30. The van der Waals surface area contributed by atoms with Gasteiger partial charge in [0, 0.05) is 23.1 Å². The second-order valence-corrected chi connectivity index (χ2v) is 9.12. The van der Waals surface area contributed by atoms with Gasteiger partial charge in [-0.2, -0.15) is 0 Å². The van der Waals surface area contributed by atoms with Crippen LogP contribution in [0.4, 0.5) is 4.79 Å². The van der Waals surface area contributed by atoms with E-state index in [0.29, 0.717) is 53.3 Å². The highest BCUT2D eigenvalue weighted by atomic mass is 32.2. The number of benzene rings is 2. The van der Waals surface area contributed by atoms with Crippen molar-refractivity contribution in [2.24, 2.45) is 0 Å². The van der Waals surface area contributed by atoms with Crippen LogP contribution in [-0.2, 0) is 9.53 Å². The fraction of sp³-hybridized carbons (Fsp3) is 0.370. The number of urea groups is 1. The molecule has 0 saturated heterocycles. The van der Waals surface area contributed by atoms with Crippen LogP contribution in [-0.4, -0.2) is 54.1 Å². The third kappa shape index (κ3) is 6.16. The molecule has 1 aliphatic rings. The molecule has 1 aliphatic heterocycles. The van der Waals surface area contributed by atoms with Crippen molar-refractivity contribution in [1.29, 1.82) is 0 Å². The summed E-state index contributed by atoms with van der Waals surface area (Å²) in [4.78, 5) is 33.9. The fourth-order valence-corrected chi connectivity index (χ4v) is 4.99. The molecule has 3 N–H and O–H groups in total. The van der Waals surface area contributed by atoms with Crippen molar-refractivity contribution in [3.8, 4) is 17.2 Å². The zero-order valence-corrected chi connectivity index (χ0v) is 22.7. The summed E-state index contributed by atoms with van der Waals surface area (Å²) in [5.74, 6) is 1.63. The van der Waals surface area contributed by atoms with E-state index in [0.717, 1.165) is 16.8 Å². The van der Waals surface area contributed by atoms with Crippen LogP contribution >= 0.6 is 11.8 Å². The first-order chi connectivity index (χ1) is 18.5. The van der Waals surface area contributed by atoms with E-state index in [1.165, 1.54) is 11.8 Å². The molecule has 11 heteroatoms. The van der Waals surface area contributed by atoms with Gasteiger partial charge in [-0.25, -0.2) is 14.6 Å². The van der Waals surface area contributed by atoms with Gasteiger partial charge < -0.3 is 34.6 Å². The molecule has 2 heterocycles. The van der Waals surface area contributed by atoms with Crippen LogP contribution in [0, 0.1) is 0 Å². The predicted octanol–water partition coefficient (Wildman–Crippen LogP) is 4.72. The second-order valence-electron chi connectivity index (χ2n) is 8.15. The monoisotopic (exact) mass is 540 g/mol. The molecule has 2 aromatic carbocycles. The molecule has 0 aliphatic carbocycles. The molecule has 0 spiro atoms. The van der Waals surface area contributed by atoms with E-state index in [1.54, 1.807) is 25.1 Å².